The lowest BCUT2D eigenvalue weighted by Crippen LogP contribution is -2.37. The lowest BCUT2D eigenvalue weighted by Gasteiger charge is -2.32. The van der Waals surface area contributed by atoms with Gasteiger partial charge in [0.15, 0.2) is 5.92 Å². The van der Waals surface area contributed by atoms with E-state index in [1.165, 1.54) is 20.6 Å². The Morgan fingerprint density at radius 3 is 2.11 bits per heavy atom. The third-order valence-corrected chi connectivity index (χ3v) is 4.03. The summed E-state index contributed by atoms with van der Waals surface area (Å²) in [5.74, 6) is -1.50. The Balaban J connectivity index is 2.92. The molecule has 0 aromatic carbocycles. The lowest BCUT2D eigenvalue weighted by atomic mass is 9.72. The molecule has 0 aromatic rings. The molecule has 4 nitrogen and oxygen atoms in total. The van der Waals surface area contributed by atoms with Crippen molar-refractivity contribution in [3.05, 3.63) is 12.7 Å². The highest BCUT2D eigenvalue weighted by Crippen LogP contribution is 2.37. The van der Waals surface area contributed by atoms with E-state index in [0.29, 0.717) is 12.3 Å². The standard InChI is InChI=1S/C15H24O4/c1-4-8-12(11-9-6-5-7-10-11)13(14(16)18-2)15(17)19-3/h4,11-13H,1,5-10H2,2-3H3. The van der Waals surface area contributed by atoms with Crippen LogP contribution in [0.15, 0.2) is 12.7 Å². The summed E-state index contributed by atoms with van der Waals surface area (Å²) in [4.78, 5) is 23.8. The Kier molecular flexibility index (Phi) is 6.60. The smallest absolute Gasteiger partial charge is 0.320 e. The zero-order chi connectivity index (χ0) is 14.3. The first-order valence-electron chi connectivity index (χ1n) is 6.92. The molecule has 0 aromatic heterocycles. The Hall–Kier alpha value is -1.32. The number of hydrogen-bond donors (Lipinski definition) is 0. The average Bonchev–Trinajstić information content (AvgIpc) is 2.46. The maximum absolute atomic E-state index is 11.9. The number of carbonyl (C=O) groups is 2. The van der Waals surface area contributed by atoms with E-state index < -0.39 is 17.9 Å². The Morgan fingerprint density at radius 1 is 1.16 bits per heavy atom. The van der Waals surface area contributed by atoms with Crippen molar-refractivity contribution in [2.24, 2.45) is 17.8 Å². The molecule has 1 rings (SSSR count). The summed E-state index contributed by atoms with van der Waals surface area (Å²) in [5, 5.41) is 0. The molecule has 0 heterocycles. The lowest BCUT2D eigenvalue weighted by molar-refractivity contribution is -0.163. The molecule has 0 spiro atoms. The van der Waals surface area contributed by atoms with Crippen molar-refractivity contribution in [1.29, 1.82) is 0 Å². The number of allylic oxidation sites excluding steroid dienone is 1. The molecular formula is C15H24O4. The van der Waals surface area contributed by atoms with Gasteiger partial charge in [0.05, 0.1) is 14.2 Å². The Bertz CT molecular complexity index is 302. The van der Waals surface area contributed by atoms with Crippen LogP contribution >= 0.6 is 0 Å². The van der Waals surface area contributed by atoms with Crippen LogP contribution in [0, 0.1) is 17.8 Å². The van der Waals surface area contributed by atoms with Crippen LogP contribution in [-0.4, -0.2) is 26.2 Å². The van der Waals surface area contributed by atoms with Crippen molar-refractivity contribution in [1.82, 2.24) is 0 Å². The molecule has 0 saturated heterocycles. The number of carbonyl (C=O) groups excluding carboxylic acids is 2. The van der Waals surface area contributed by atoms with Crippen LogP contribution in [0.5, 0.6) is 0 Å². The van der Waals surface area contributed by atoms with Crippen LogP contribution in [0.4, 0.5) is 0 Å². The van der Waals surface area contributed by atoms with Crippen molar-refractivity contribution >= 4 is 11.9 Å². The number of rotatable bonds is 6. The average molecular weight is 268 g/mol. The molecule has 0 bridgehead atoms. The van der Waals surface area contributed by atoms with Crippen LogP contribution < -0.4 is 0 Å². The van der Waals surface area contributed by atoms with E-state index in [1.54, 1.807) is 6.08 Å². The minimum atomic E-state index is -0.823. The first-order valence-corrected chi connectivity index (χ1v) is 6.92. The fourth-order valence-electron chi connectivity index (χ4n) is 3.06. The second-order valence-corrected chi connectivity index (χ2v) is 5.11. The molecule has 0 radical (unpaired) electrons. The predicted octanol–water partition coefficient (Wildman–Crippen LogP) is 2.72. The molecule has 0 amide bonds. The molecule has 0 N–H and O–H groups in total. The van der Waals surface area contributed by atoms with Gasteiger partial charge in [-0.25, -0.2) is 0 Å². The highest BCUT2D eigenvalue weighted by Gasteiger charge is 2.40. The summed E-state index contributed by atoms with van der Waals surface area (Å²) in [7, 11) is 2.62. The Morgan fingerprint density at radius 2 is 1.68 bits per heavy atom. The van der Waals surface area contributed by atoms with E-state index in [-0.39, 0.29) is 5.92 Å². The SMILES string of the molecule is C=CCC(C1CCCCC1)C(C(=O)OC)C(=O)OC. The third kappa shape index (κ3) is 4.08. The monoisotopic (exact) mass is 268 g/mol. The van der Waals surface area contributed by atoms with Gasteiger partial charge in [-0.05, 0) is 18.3 Å². The third-order valence-electron chi connectivity index (χ3n) is 4.03. The summed E-state index contributed by atoms with van der Waals surface area (Å²) < 4.78 is 9.56. The summed E-state index contributed by atoms with van der Waals surface area (Å²) in [5.41, 5.74) is 0. The van der Waals surface area contributed by atoms with Gasteiger partial charge in [0, 0.05) is 0 Å². The highest BCUT2D eigenvalue weighted by atomic mass is 16.5. The van der Waals surface area contributed by atoms with Gasteiger partial charge in [-0.15, -0.1) is 6.58 Å². The number of methoxy groups -OCH3 is 2. The van der Waals surface area contributed by atoms with Crippen LogP contribution in [0.25, 0.3) is 0 Å². The maximum atomic E-state index is 11.9. The summed E-state index contributed by atoms with van der Waals surface area (Å²) >= 11 is 0. The van der Waals surface area contributed by atoms with E-state index in [1.807, 2.05) is 0 Å². The van der Waals surface area contributed by atoms with E-state index in [2.05, 4.69) is 6.58 Å². The van der Waals surface area contributed by atoms with Crippen molar-refractivity contribution < 1.29 is 19.1 Å². The van der Waals surface area contributed by atoms with Gasteiger partial charge in [-0.1, -0.05) is 38.2 Å². The van der Waals surface area contributed by atoms with Crippen LogP contribution in [0.1, 0.15) is 38.5 Å². The van der Waals surface area contributed by atoms with E-state index in [4.69, 9.17) is 9.47 Å². The van der Waals surface area contributed by atoms with Crippen molar-refractivity contribution in [3.63, 3.8) is 0 Å². The zero-order valence-corrected chi connectivity index (χ0v) is 11.9. The summed E-state index contributed by atoms with van der Waals surface area (Å²) in [6.07, 6.45) is 8.09. The molecule has 1 unspecified atom stereocenters. The zero-order valence-electron chi connectivity index (χ0n) is 11.9. The molecule has 1 aliphatic rings. The van der Waals surface area contributed by atoms with E-state index >= 15 is 0 Å². The molecule has 1 atom stereocenters. The molecule has 4 heteroatoms. The number of hydrogen-bond acceptors (Lipinski definition) is 4. The minimum absolute atomic E-state index is 0.0577. The van der Waals surface area contributed by atoms with Gasteiger partial charge in [0.1, 0.15) is 0 Å². The normalized spacial score (nSPS) is 17.8. The van der Waals surface area contributed by atoms with Crippen LogP contribution in [0.3, 0.4) is 0 Å². The molecule has 1 fully saturated rings. The van der Waals surface area contributed by atoms with Crippen molar-refractivity contribution in [2.45, 2.75) is 38.5 Å². The molecule has 1 saturated carbocycles. The topological polar surface area (TPSA) is 52.6 Å². The van der Waals surface area contributed by atoms with Gasteiger partial charge >= 0.3 is 11.9 Å². The summed E-state index contributed by atoms with van der Waals surface area (Å²) in [6.45, 7) is 3.74. The predicted molar refractivity (Wildman–Crippen MR) is 72.4 cm³/mol. The van der Waals surface area contributed by atoms with Gasteiger partial charge in [0.25, 0.3) is 0 Å². The van der Waals surface area contributed by atoms with Crippen molar-refractivity contribution in [2.75, 3.05) is 14.2 Å². The minimum Gasteiger partial charge on any atom is -0.468 e. The largest absolute Gasteiger partial charge is 0.468 e. The first-order chi connectivity index (χ1) is 9.15. The van der Waals surface area contributed by atoms with E-state index in [9.17, 15) is 9.59 Å². The van der Waals surface area contributed by atoms with Gasteiger partial charge in [-0.2, -0.15) is 0 Å². The molecule has 1 aliphatic carbocycles. The molecular weight excluding hydrogens is 244 g/mol. The quantitative estimate of drug-likeness (QED) is 0.422. The first kappa shape index (κ1) is 15.7. The second kappa shape index (κ2) is 7.97. The maximum Gasteiger partial charge on any atom is 0.320 e. The number of ether oxygens (including phenoxy) is 2. The van der Waals surface area contributed by atoms with Crippen molar-refractivity contribution in [3.8, 4) is 0 Å². The summed E-state index contributed by atoms with van der Waals surface area (Å²) in [6, 6.07) is 0. The van der Waals surface area contributed by atoms with Gasteiger partial charge in [-0.3, -0.25) is 9.59 Å². The molecule has 108 valence electrons. The fourth-order valence-corrected chi connectivity index (χ4v) is 3.06. The Labute approximate surface area is 115 Å². The molecule has 19 heavy (non-hydrogen) atoms. The fraction of sp³-hybridized carbons (Fsp3) is 0.733. The number of esters is 2. The van der Waals surface area contributed by atoms with Gasteiger partial charge < -0.3 is 9.47 Å². The van der Waals surface area contributed by atoms with Crippen LogP contribution in [0.2, 0.25) is 0 Å². The second-order valence-electron chi connectivity index (χ2n) is 5.11. The van der Waals surface area contributed by atoms with Gasteiger partial charge in [0.2, 0.25) is 0 Å². The van der Waals surface area contributed by atoms with Crippen LogP contribution in [-0.2, 0) is 19.1 Å². The van der Waals surface area contributed by atoms with E-state index in [0.717, 1.165) is 25.7 Å². The highest BCUT2D eigenvalue weighted by molar-refractivity contribution is 5.95. The molecule has 0 aliphatic heterocycles.